The highest BCUT2D eigenvalue weighted by Gasteiger charge is 2.51. The average Bonchev–Trinajstić information content (AvgIpc) is 3.21. The monoisotopic (exact) mass is 849 g/mol. The predicted octanol–water partition coefficient (Wildman–Crippen LogP) is 9.31. The van der Waals surface area contributed by atoms with Crippen molar-refractivity contribution >= 4 is 13.8 Å². The highest BCUT2D eigenvalue weighted by atomic mass is 31.2. The summed E-state index contributed by atoms with van der Waals surface area (Å²) in [7, 11) is -5.01. The van der Waals surface area contributed by atoms with Crippen LogP contribution in [0.15, 0.2) is 24.3 Å². The second kappa shape index (κ2) is 36.5. The molecule has 0 aromatic rings. The number of aliphatic hydroxyl groups excluding tert-OH is 5. The molecule has 0 radical (unpaired) electrons. The van der Waals surface area contributed by atoms with E-state index in [-0.39, 0.29) is 13.0 Å². The van der Waals surface area contributed by atoms with Crippen LogP contribution in [0.25, 0.3) is 0 Å². The standard InChI is InChI=1S/C45H85O12P/c1-3-5-7-9-11-13-15-17-18-19-20-21-22-23-24-26-28-30-32-34-39(46)56-38(36-54-35-33-31-29-27-25-16-14-12-10-8-6-4-2)37-55-58(52,53)57-45-43(50)41(48)40(47)42(49)44(45)51/h10,12,17-18,38,40-45,47-51H,3-9,11,13-16,19-37H2,1-2H3,(H,52,53)/b12-10-,18-17-. The van der Waals surface area contributed by atoms with Gasteiger partial charge in [-0.15, -0.1) is 0 Å². The van der Waals surface area contributed by atoms with Crippen molar-refractivity contribution in [2.45, 2.75) is 236 Å². The molecule has 0 bridgehead atoms. The van der Waals surface area contributed by atoms with Gasteiger partial charge in [0.25, 0.3) is 0 Å². The molecule has 0 aromatic carbocycles. The smallest absolute Gasteiger partial charge is 0.457 e. The Kier molecular flexibility index (Phi) is 34.5. The van der Waals surface area contributed by atoms with E-state index in [0.717, 1.165) is 57.8 Å². The molecule has 0 amide bonds. The van der Waals surface area contributed by atoms with E-state index in [1.807, 2.05) is 0 Å². The maximum atomic E-state index is 12.8. The summed E-state index contributed by atoms with van der Waals surface area (Å²) in [6.07, 6.45) is 28.2. The van der Waals surface area contributed by atoms with Gasteiger partial charge in [0.2, 0.25) is 0 Å². The molecule has 6 unspecified atom stereocenters. The minimum Gasteiger partial charge on any atom is -0.457 e. The largest absolute Gasteiger partial charge is 0.472 e. The molecule has 1 aliphatic carbocycles. The Balaban J connectivity index is 2.37. The van der Waals surface area contributed by atoms with E-state index in [9.17, 15) is 39.8 Å². The Morgan fingerprint density at radius 1 is 0.534 bits per heavy atom. The molecule has 0 heterocycles. The summed E-state index contributed by atoms with van der Waals surface area (Å²) in [5.74, 6) is -0.481. The third-order valence-electron chi connectivity index (χ3n) is 10.8. The topological polar surface area (TPSA) is 192 Å². The van der Waals surface area contributed by atoms with Crippen molar-refractivity contribution in [3.8, 4) is 0 Å². The van der Waals surface area contributed by atoms with E-state index < -0.39 is 63.1 Å². The van der Waals surface area contributed by atoms with Gasteiger partial charge in [-0.05, 0) is 57.8 Å². The van der Waals surface area contributed by atoms with Gasteiger partial charge in [0.1, 0.15) is 42.7 Å². The van der Waals surface area contributed by atoms with Crippen molar-refractivity contribution in [2.24, 2.45) is 0 Å². The Hall–Kier alpha value is -1.18. The molecule has 58 heavy (non-hydrogen) atoms. The first kappa shape index (κ1) is 54.8. The second-order valence-corrected chi connectivity index (χ2v) is 17.7. The maximum Gasteiger partial charge on any atom is 0.472 e. The van der Waals surface area contributed by atoms with Crippen LogP contribution in [0, 0.1) is 0 Å². The Labute approximate surface area is 351 Å². The van der Waals surface area contributed by atoms with Crippen LogP contribution >= 0.6 is 7.82 Å². The predicted molar refractivity (Wildman–Crippen MR) is 230 cm³/mol. The molecular formula is C45H85O12P. The maximum absolute atomic E-state index is 12.8. The summed E-state index contributed by atoms with van der Waals surface area (Å²) >= 11 is 0. The third kappa shape index (κ3) is 28.4. The summed E-state index contributed by atoms with van der Waals surface area (Å²) in [5, 5.41) is 50.1. The lowest BCUT2D eigenvalue weighted by Gasteiger charge is -2.41. The Morgan fingerprint density at radius 3 is 1.41 bits per heavy atom. The molecule has 1 fully saturated rings. The number of aliphatic hydroxyl groups is 5. The number of ether oxygens (including phenoxy) is 2. The zero-order chi connectivity index (χ0) is 42.7. The van der Waals surface area contributed by atoms with E-state index in [1.54, 1.807) is 0 Å². The number of carbonyl (C=O) groups is 1. The average molecular weight is 849 g/mol. The highest BCUT2D eigenvalue weighted by Crippen LogP contribution is 2.47. The van der Waals surface area contributed by atoms with E-state index >= 15 is 0 Å². The number of carbonyl (C=O) groups excluding carboxylic acids is 1. The van der Waals surface area contributed by atoms with Gasteiger partial charge in [-0.1, -0.05) is 154 Å². The lowest BCUT2D eigenvalue weighted by Crippen LogP contribution is -2.64. The van der Waals surface area contributed by atoms with Crippen LogP contribution in [-0.4, -0.2) is 98.9 Å². The van der Waals surface area contributed by atoms with Gasteiger partial charge in [-0.2, -0.15) is 0 Å². The van der Waals surface area contributed by atoms with Gasteiger partial charge in [-0.3, -0.25) is 13.8 Å². The van der Waals surface area contributed by atoms with Gasteiger partial charge in [0, 0.05) is 13.0 Å². The molecule has 13 heteroatoms. The summed E-state index contributed by atoms with van der Waals surface area (Å²) in [4.78, 5) is 23.1. The molecule has 0 aliphatic heterocycles. The van der Waals surface area contributed by atoms with Gasteiger partial charge < -0.3 is 39.9 Å². The van der Waals surface area contributed by atoms with Crippen LogP contribution in [0.4, 0.5) is 0 Å². The molecule has 0 aromatic heterocycles. The fourth-order valence-electron chi connectivity index (χ4n) is 7.04. The lowest BCUT2D eigenvalue weighted by molar-refractivity contribution is -0.220. The lowest BCUT2D eigenvalue weighted by atomic mass is 9.85. The van der Waals surface area contributed by atoms with Crippen LogP contribution in [0.5, 0.6) is 0 Å². The summed E-state index contributed by atoms with van der Waals surface area (Å²) < 4.78 is 34.1. The van der Waals surface area contributed by atoms with Gasteiger partial charge in [0.05, 0.1) is 13.2 Å². The molecular weight excluding hydrogens is 763 g/mol. The molecule has 1 rings (SSSR count). The van der Waals surface area contributed by atoms with Crippen LogP contribution in [0.2, 0.25) is 0 Å². The number of unbranched alkanes of at least 4 members (excludes halogenated alkanes) is 23. The van der Waals surface area contributed by atoms with Crippen molar-refractivity contribution < 1.29 is 58.3 Å². The molecule has 342 valence electrons. The number of phosphoric acid groups is 1. The van der Waals surface area contributed by atoms with Gasteiger partial charge in [-0.25, -0.2) is 4.57 Å². The number of phosphoric ester groups is 1. The number of esters is 1. The number of hydrogen-bond acceptors (Lipinski definition) is 11. The van der Waals surface area contributed by atoms with Crippen LogP contribution in [0.3, 0.4) is 0 Å². The fraction of sp³-hybridized carbons (Fsp3) is 0.889. The van der Waals surface area contributed by atoms with Crippen molar-refractivity contribution in [3.05, 3.63) is 24.3 Å². The van der Waals surface area contributed by atoms with Crippen molar-refractivity contribution in [1.29, 1.82) is 0 Å². The quantitative estimate of drug-likeness (QED) is 0.0149. The number of rotatable bonds is 39. The van der Waals surface area contributed by atoms with E-state index in [2.05, 4.69) is 38.2 Å². The SMILES string of the molecule is CCCC/C=C\CCCCCCCCOCC(COP(=O)(O)OC1C(O)C(O)C(O)C(O)C1O)OC(=O)CCCCCCCCCCC/C=C\CCCCCCCC. The van der Waals surface area contributed by atoms with Crippen LogP contribution < -0.4 is 0 Å². The fourth-order valence-corrected chi connectivity index (χ4v) is 8.01. The van der Waals surface area contributed by atoms with Gasteiger partial charge >= 0.3 is 13.8 Å². The number of hydrogen-bond donors (Lipinski definition) is 6. The first-order chi connectivity index (χ1) is 28.0. The first-order valence-corrected chi connectivity index (χ1v) is 24.7. The Bertz CT molecular complexity index is 1060. The molecule has 12 nitrogen and oxygen atoms in total. The minimum absolute atomic E-state index is 0.0795. The second-order valence-electron chi connectivity index (χ2n) is 16.2. The van der Waals surface area contributed by atoms with E-state index in [0.29, 0.717) is 13.0 Å². The first-order valence-electron chi connectivity index (χ1n) is 23.2. The summed E-state index contributed by atoms with van der Waals surface area (Å²) in [6, 6.07) is 0. The molecule has 0 saturated heterocycles. The summed E-state index contributed by atoms with van der Waals surface area (Å²) in [5.41, 5.74) is 0. The van der Waals surface area contributed by atoms with Crippen LogP contribution in [-0.2, 0) is 27.9 Å². The molecule has 6 N–H and O–H groups in total. The molecule has 0 spiro atoms. The third-order valence-corrected chi connectivity index (χ3v) is 11.8. The highest BCUT2D eigenvalue weighted by molar-refractivity contribution is 7.47. The summed E-state index contributed by atoms with van der Waals surface area (Å²) in [6.45, 7) is 4.21. The Morgan fingerprint density at radius 2 is 0.931 bits per heavy atom. The van der Waals surface area contributed by atoms with E-state index in [4.69, 9.17) is 18.5 Å². The minimum atomic E-state index is -5.01. The number of allylic oxidation sites excluding steroid dienone is 4. The zero-order valence-corrected chi connectivity index (χ0v) is 37.2. The normalized spacial score (nSPS) is 22.8. The van der Waals surface area contributed by atoms with E-state index in [1.165, 1.54) is 109 Å². The molecule has 1 aliphatic rings. The van der Waals surface area contributed by atoms with Crippen LogP contribution in [0.1, 0.15) is 194 Å². The van der Waals surface area contributed by atoms with Crippen molar-refractivity contribution in [1.82, 2.24) is 0 Å². The van der Waals surface area contributed by atoms with Crippen molar-refractivity contribution in [3.63, 3.8) is 0 Å². The molecule has 1 saturated carbocycles. The zero-order valence-electron chi connectivity index (χ0n) is 36.4. The molecule has 6 atom stereocenters. The van der Waals surface area contributed by atoms with Gasteiger partial charge in [0.15, 0.2) is 0 Å². The van der Waals surface area contributed by atoms with Crippen molar-refractivity contribution in [2.75, 3.05) is 19.8 Å².